The molecule has 3 rings (SSSR count). The Morgan fingerprint density at radius 2 is 2.11 bits per heavy atom. The van der Waals surface area contributed by atoms with Gasteiger partial charge in [0.15, 0.2) is 0 Å². The zero-order chi connectivity index (χ0) is 13.2. The van der Waals surface area contributed by atoms with Crippen molar-refractivity contribution in [3.8, 4) is 0 Å². The van der Waals surface area contributed by atoms with E-state index in [9.17, 15) is 0 Å². The number of aromatic nitrogens is 1. The molecule has 1 heterocycles. The number of hydrogen-bond acceptors (Lipinski definition) is 1. The zero-order valence-electron chi connectivity index (χ0n) is 12.0. The smallest absolute Gasteiger partial charge is 0.0456 e. The summed E-state index contributed by atoms with van der Waals surface area (Å²) in [5, 5.41) is 4.93. The molecule has 1 saturated carbocycles. The standard InChI is InChI=1S/C17H24N2/c1-12-7-8-17-15(9-12)14(11-19-17)10-13-5-3-4-6-16(13)18-2/h7-9,11,13,16,18-19H,3-6,10H2,1-2H3. The predicted octanol–water partition coefficient (Wildman–Crippen LogP) is 3.80. The summed E-state index contributed by atoms with van der Waals surface area (Å²) in [6.45, 7) is 2.17. The third-order valence-corrected chi connectivity index (χ3v) is 4.68. The summed E-state index contributed by atoms with van der Waals surface area (Å²) >= 11 is 0. The second kappa shape index (κ2) is 5.38. The Morgan fingerprint density at radius 1 is 1.26 bits per heavy atom. The number of nitrogens with one attached hydrogen (secondary N) is 2. The highest BCUT2D eigenvalue weighted by Crippen LogP contribution is 2.30. The SMILES string of the molecule is CNC1CCCCC1Cc1c[nH]c2ccc(C)cc12. The lowest BCUT2D eigenvalue weighted by Crippen LogP contribution is -2.37. The Bertz CT molecular complexity index is 555. The summed E-state index contributed by atoms with van der Waals surface area (Å²) < 4.78 is 0. The van der Waals surface area contributed by atoms with Gasteiger partial charge in [-0.25, -0.2) is 0 Å². The number of hydrogen-bond donors (Lipinski definition) is 2. The highest BCUT2D eigenvalue weighted by atomic mass is 14.9. The summed E-state index contributed by atoms with van der Waals surface area (Å²) in [5.74, 6) is 0.790. The largest absolute Gasteiger partial charge is 0.361 e. The fourth-order valence-electron chi connectivity index (χ4n) is 3.58. The van der Waals surface area contributed by atoms with Gasteiger partial charge in [0, 0.05) is 23.1 Å². The molecule has 0 spiro atoms. The van der Waals surface area contributed by atoms with Crippen LogP contribution in [-0.4, -0.2) is 18.1 Å². The van der Waals surface area contributed by atoms with Crippen molar-refractivity contribution < 1.29 is 0 Å². The molecule has 1 aliphatic carbocycles. The number of H-pyrrole nitrogens is 1. The summed E-state index contributed by atoms with van der Waals surface area (Å²) in [7, 11) is 2.11. The Labute approximate surface area is 115 Å². The van der Waals surface area contributed by atoms with E-state index >= 15 is 0 Å². The van der Waals surface area contributed by atoms with Crippen LogP contribution in [0, 0.1) is 12.8 Å². The van der Waals surface area contributed by atoms with Crippen LogP contribution in [0.1, 0.15) is 36.8 Å². The quantitative estimate of drug-likeness (QED) is 0.859. The minimum atomic E-state index is 0.698. The maximum atomic E-state index is 3.52. The molecular weight excluding hydrogens is 232 g/mol. The van der Waals surface area contributed by atoms with Crippen molar-refractivity contribution in [1.82, 2.24) is 10.3 Å². The van der Waals surface area contributed by atoms with Crippen molar-refractivity contribution >= 4 is 10.9 Å². The first-order valence-corrected chi connectivity index (χ1v) is 7.52. The Kier molecular flexibility index (Phi) is 3.61. The first-order valence-electron chi connectivity index (χ1n) is 7.52. The maximum Gasteiger partial charge on any atom is 0.0456 e. The molecule has 19 heavy (non-hydrogen) atoms. The fraction of sp³-hybridized carbons (Fsp3) is 0.529. The van der Waals surface area contributed by atoms with Crippen molar-refractivity contribution in [3.63, 3.8) is 0 Å². The van der Waals surface area contributed by atoms with Gasteiger partial charge in [0.1, 0.15) is 0 Å². The molecule has 102 valence electrons. The monoisotopic (exact) mass is 256 g/mol. The van der Waals surface area contributed by atoms with Gasteiger partial charge in [0.25, 0.3) is 0 Å². The van der Waals surface area contributed by atoms with Gasteiger partial charge in [-0.05, 0) is 56.8 Å². The molecular formula is C17H24N2. The van der Waals surface area contributed by atoms with Crippen LogP contribution in [-0.2, 0) is 6.42 Å². The Balaban J connectivity index is 1.86. The second-order valence-corrected chi connectivity index (χ2v) is 6.01. The van der Waals surface area contributed by atoms with Gasteiger partial charge >= 0.3 is 0 Å². The molecule has 1 aliphatic rings. The predicted molar refractivity (Wildman–Crippen MR) is 81.5 cm³/mol. The van der Waals surface area contributed by atoms with Crippen molar-refractivity contribution in [1.29, 1.82) is 0 Å². The van der Waals surface area contributed by atoms with E-state index in [1.165, 1.54) is 54.1 Å². The average Bonchev–Trinajstić information content (AvgIpc) is 2.82. The van der Waals surface area contributed by atoms with E-state index < -0.39 is 0 Å². The average molecular weight is 256 g/mol. The number of aromatic amines is 1. The topological polar surface area (TPSA) is 27.8 Å². The minimum Gasteiger partial charge on any atom is -0.361 e. The van der Waals surface area contributed by atoms with Crippen LogP contribution in [0.5, 0.6) is 0 Å². The summed E-state index contributed by atoms with van der Waals surface area (Å²) in [5.41, 5.74) is 4.12. The molecule has 2 N–H and O–H groups in total. The number of aryl methyl sites for hydroxylation is 1. The van der Waals surface area contributed by atoms with Crippen molar-refractivity contribution in [2.45, 2.75) is 45.1 Å². The maximum absolute atomic E-state index is 3.52. The molecule has 0 radical (unpaired) electrons. The Hall–Kier alpha value is -1.28. The molecule has 0 amide bonds. The second-order valence-electron chi connectivity index (χ2n) is 6.01. The zero-order valence-corrected chi connectivity index (χ0v) is 12.0. The molecule has 2 unspecified atom stereocenters. The minimum absolute atomic E-state index is 0.698. The van der Waals surface area contributed by atoms with Crippen LogP contribution < -0.4 is 5.32 Å². The fourth-order valence-corrected chi connectivity index (χ4v) is 3.58. The lowest BCUT2D eigenvalue weighted by atomic mass is 9.81. The van der Waals surface area contributed by atoms with Crippen molar-refractivity contribution in [3.05, 3.63) is 35.5 Å². The number of rotatable bonds is 3. The molecule has 1 aromatic heterocycles. The molecule has 2 atom stereocenters. The molecule has 2 nitrogen and oxygen atoms in total. The van der Waals surface area contributed by atoms with Gasteiger partial charge in [-0.1, -0.05) is 24.5 Å². The van der Waals surface area contributed by atoms with Crippen LogP contribution in [0.3, 0.4) is 0 Å². The van der Waals surface area contributed by atoms with E-state index in [4.69, 9.17) is 0 Å². The van der Waals surface area contributed by atoms with E-state index in [0.717, 1.165) is 5.92 Å². The molecule has 1 fully saturated rings. The van der Waals surface area contributed by atoms with E-state index in [0.29, 0.717) is 6.04 Å². The van der Waals surface area contributed by atoms with E-state index in [1.54, 1.807) is 0 Å². The third kappa shape index (κ3) is 2.55. The lowest BCUT2D eigenvalue weighted by Gasteiger charge is -2.31. The molecule has 0 saturated heterocycles. The van der Waals surface area contributed by atoms with Gasteiger partial charge in [0.2, 0.25) is 0 Å². The molecule has 2 aromatic rings. The van der Waals surface area contributed by atoms with Crippen LogP contribution in [0.2, 0.25) is 0 Å². The van der Waals surface area contributed by atoms with E-state index in [1.807, 2.05) is 0 Å². The molecule has 0 aliphatic heterocycles. The van der Waals surface area contributed by atoms with Gasteiger partial charge in [-0.2, -0.15) is 0 Å². The van der Waals surface area contributed by atoms with Gasteiger partial charge in [0.05, 0.1) is 0 Å². The van der Waals surface area contributed by atoms with Crippen LogP contribution in [0.15, 0.2) is 24.4 Å². The van der Waals surface area contributed by atoms with Crippen LogP contribution >= 0.6 is 0 Å². The first-order chi connectivity index (χ1) is 9.28. The lowest BCUT2D eigenvalue weighted by molar-refractivity contribution is 0.273. The van der Waals surface area contributed by atoms with E-state index in [2.05, 4.69) is 48.7 Å². The molecule has 2 heteroatoms. The molecule has 1 aromatic carbocycles. The number of benzene rings is 1. The molecule has 0 bridgehead atoms. The summed E-state index contributed by atoms with van der Waals surface area (Å²) in [6, 6.07) is 7.39. The number of fused-ring (bicyclic) bond motifs is 1. The summed E-state index contributed by atoms with van der Waals surface area (Å²) in [6.07, 6.45) is 8.90. The van der Waals surface area contributed by atoms with Gasteiger partial charge in [-0.3, -0.25) is 0 Å². The van der Waals surface area contributed by atoms with Gasteiger partial charge in [-0.15, -0.1) is 0 Å². The van der Waals surface area contributed by atoms with Crippen molar-refractivity contribution in [2.24, 2.45) is 5.92 Å². The summed E-state index contributed by atoms with van der Waals surface area (Å²) in [4.78, 5) is 3.42. The highest BCUT2D eigenvalue weighted by molar-refractivity contribution is 5.83. The highest BCUT2D eigenvalue weighted by Gasteiger charge is 2.24. The van der Waals surface area contributed by atoms with Gasteiger partial charge < -0.3 is 10.3 Å². The normalized spacial score (nSPS) is 23.9. The first kappa shape index (κ1) is 12.7. The van der Waals surface area contributed by atoms with Crippen LogP contribution in [0.4, 0.5) is 0 Å². The van der Waals surface area contributed by atoms with E-state index in [-0.39, 0.29) is 0 Å². The Morgan fingerprint density at radius 3 is 2.95 bits per heavy atom. The van der Waals surface area contributed by atoms with Crippen molar-refractivity contribution in [2.75, 3.05) is 7.05 Å². The third-order valence-electron chi connectivity index (χ3n) is 4.68. The van der Waals surface area contributed by atoms with Crippen LogP contribution in [0.25, 0.3) is 10.9 Å².